The average molecular weight is 261 g/mol. The third-order valence-electron chi connectivity index (χ3n) is 2.42. The van der Waals surface area contributed by atoms with Crippen LogP contribution in [0.1, 0.15) is 24.1 Å². The van der Waals surface area contributed by atoms with E-state index in [9.17, 15) is 14.3 Å². The van der Waals surface area contributed by atoms with E-state index in [0.29, 0.717) is 12.3 Å². The van der Waals surface area contributed by atoms with Crippen molar-refractivity contribution in [1.29, 1.82) is 0 Å². The van der Waals surface area contributed by atoms with Crippen LogP contribution in [0, 0.1) is 5.82 Å². The second-order valence-electron chi connectivity index (χ2n) is 4.07. The van der Waals surface area contributed by atoms with Crippen LogP contribution >= 0.6 is 0 Å². The van der Waals surface area contributed by atoms with E-state index in [1.807, 2.05) is 0 Å². The zero-order valence-electron chi connectivity index (χ0n) is 10.3. The number of carbonyl (C=O) groups excluding carboxylic acids is 1. The number of hydrogen-bond donors (Lipinski definition) is 1. The summed E-state index contributed by atoms with van der Waals surface area (Å²) < 4.78 is 17.9. The van der Waals surface area contributed by atoms with Crippen molar-refractivity contribution in [2.75, 3.05) is 0 Å². The molecule has 0 saturated heterocycles. The third kappa shape index (κ3) is 3.51. The summed E-state index contributed by atoms with van der Waals surface area (Å²) in [6, 6.07) is 5.97. The van der Waals surface area contributed by atoms with Crippen LogP contribution in [0.5, 0.6) is 0 Å². The Bertz CT molecular complexity index is 614. The number of oxazole rings is 1. The lowest BCUT2D eigenvalue weighted by atomic mass is 10.1. The van der Waals surface area contributed by atoms with Gasteiger partial charge in [-0.25, -0.2) is 9.37 Å². The summed E-state index contributed by atoms with van der Waals surface area (Å²) in [5, 5.41) is 9.57. The maximum atomic E-state index is 12.7. The van der Waals surface area contributed by atoms with Gasteiger partial charge in [0.1, 0.15) is 23.5 Å². The fourth-order valence-electron chi connectivity index (χ4n) is 1.55. The van der Waals surface area contributed by atoms with Crippen molar-refractivity contribution in [3.63, 3.8) is 0 Å². The van der Waals surface area contributed by atoms with Crippen LogP contribution < -0.4 is 0 Å². The Morgan fingerprint density at radius 2 is 2.11 bits per heavy atom. The number of nitrogens with zero attached hydrogens (tertiary/aromatic N) is 1. The van der Waals surface area contributed by atoms with Crippen LogP contribution in [0.3, 0.4) is 0 Å². The van der Waals surface area contributed by atoms with E-state index < -0.39 is 0 Å². The third-order valence-corrected chi connectivity index (χ3v) is 2.42. The Labute approximate surface area is 109 Å². The van der Waals surface area contributed by atoms with Crippen molar-refractivity contribution in [2.24, 2.45) is 0 Å². The molecule has 0 aliphatic heterocycles. The van der Waals surface area contributed by atoms with Gasteiger partial charge in [-0.2, -0.15) is 0 Å². The number of aromatic nitrogens is 1. The molecule has 0 spiro atoms. The van der Waals surface area contributed by atoms with Gasteiger partial charge in [0, 0.05) is 12.5 Å². The highest BCUT2D eigenvalue weighted by molar-refractivity contribution is 5.93. The monoisotopic (exact) mass is 261 g/mol. The van der Waals surface area contributed by atoms with E-state index in [-0.39, 0.29) is 23.1 Å². The average Bonchev–Trinajstić information content (AvgIpc) is 2.80. The van der Waals surface area contributed by atoms with Gasteiger partial charge in [-0.3, -0.25) is 4.79 Å². The maximum absolute atomic E-state index is 12.7. The van der Waals surface area contributed by atoms with E-state index in [2.05, 4.69) is 4.98 Å². The smallest absolute Gasteiger partial charge is 0.199 e. The number of aliphatic hydroxyl groups is 1. The molecule has 0 amide bonds. The largest absolute Gasteiger partial charge is 0.505 e. The summed E-state index contributed by atoms with van der Waals surface area (Å²) in [5.74, 6) is -0.439. The Morgan fingerprint density at radius 3 is 2.74 bits per heavy atom. The molecule has 1 heterocycles. The molecule has 1 aromatic heterocycles. The first-order chi connectivity index (χ1) is 9.04. The minimum Gasteiger partial charge on any atom is -0.505 e. The molecule has 0 bridgehead atoms. The van der Waals surface area contributed by atoms with Gasteiger partial charge in [0.15, 0.2) is 11.7 Å². The lowest BCUT2D eigenvalue weighted by Gasteiger charge is -1.96. The molecule has 1 aromatic carbocycles. The molecule has 0 atom stereocenters. The van der Waals surface area contributed by atoms with Crippen molar-refractivity contribution < 1.29 is 18.7 Å². The lowest BCUT2D eigenvalue weighted by molar-refractivity contribution is -0.112. The summed E-state index contributed by atoms with van der Waals surface area (Å²) in [4.78, 5) is 14.9. The highest BCUT2D eigenvalue weighted by Crippen LogP contribution is 2.14. The van der Waals surface area contributed by atoms with Crippen LogP contribution in [0.15, 0.2) is 41.0 Å². The van der Waals surface area contributed by atoms with Crippen molar-refractivity contribution in [3.8, 4) is 0 Å². The second kappa shape index (κ2) is 5.48. The molecular formula is C14H12FNO3. The Balaban J connectivity index is 2.13. The van der Waals surface area contributed by atoms with Crippen LogP contribution in [-0.2, 0) is 11.2 Å². The molecule has 0 radical (unpaired) electrons. The minimum atomic E-state index is -0.307. The van der Waals surface area contributed by atoms with E-state index in [1.165, 1.54) is 25.3 Å². The summed E-state index contributed by atoms with van der Waals surface area (Å²) in [5.41, 5.74) is 1.04. The topological polar surface area (TPSA) is 63.3 Å². The van der Waals surface area contributed by atoms with Crippen LogP contribution in [0.2, 0.25) is 0 Å². The first-order valence-electron chi connectivity index (χ1n) is 5.65. The van der Waals surface area contributed by atoms with E-state index >= 15 is 0 Å². The van der Waals surface area contributed by atoms with Crippen molar-refractivity contribution in [2.45, 2.75) is 13.3 Å². The van der Waals surface area contributed by atoms with E-state index in [1.54, 1.807) is 12.1 Å². The zero-order valence-corrected chi connectivity index (χ0v) is 10.3. The second-order valence-corrected chi connectivity index (χ2v) is 4.07. The van der Waals surface area contributed by atoms with Gasteiger partial charge < -0.3 is 9.52 Å². The fourth-order valence-corrected chi connectivity index (χ4v) is 1.55. The number of benzene rings is 1. The van der Waals surface area contributed by atoms with Crippen molar-refractivity contribution in [3.05, 3.63) is 59.6 Å². The number of aliphatic hydroxyl groups excluding tert-OH is 1. The maximum Gasteiger partial charge on any atom is 0.199 e. The van der Waals surface area contributed by atoms with Gasteiger partial charge in [0.05, 0.1) is 0 Å². The molecule has 0 aliphatic carbocycles. The molecule has 2 rings (SSSR count). The number of halogens is 1. The van der Waals surface area contributed by atoms with Gasteiger partial charge in [-0.1, -0.05) is 12.1 Å². The molecular weight excluding hydrogens is 249 g/mol. The normalized spacial score (nSPS) is 11.6. The molecule has 19 heavy (non-hydrogen) atoms. The summed E-state index contributed by atoms with van der Waals surface area (Å²) >= 11 is 0. The fraction of sp³-hybridized carbons (Fsp3) is 0.143. The van der Waals surface area contributed by atoms with Crippen LogP contribution in [0.25, 0.3) is 5.76 Å². The number of ketones is 1. The van der Waals surface area contributed by atoms with E-state index in [0.717, 1.165) is 11.6 Å². The summed E-state index contributed by atoms with van der Waals surface area (Å²) in [6.07, 6.45) is 2.72. The van der Waals surface area contributed by atoms with Gasteiger partial charge in [0.2, 0.25) is 0 Å². The first kappa shape index (κ1) is 13.0. The minimum absolute atomic E-state index is 0.201. The van der Waals surface area contributed by atoms with Crippen LogP contribution in [-0.4, -0.2) is 15.9 Å². The molecule has 98 valence electrons. The number of hydrogen-bond acceptors (Lipinski definition) is 4. The molecule has 2 aromatic rings. The molecule has 0 saturated carbocycles. The van der Waals surface area contributed by atoms with Gasteiger partial charge >= 0.3 is 0 Å². The number of allylic oxidation sites excluding steroid dienone is 1. The number of rotatable bonds is 4. The lowest BCUT2D eigenvalue weighted by Crippen LogP contribution is -1.92. The molecule has 1 N–H and O–H groups in total. The molecule has 0 fully saturated rings. The Hall–Kier alpha value is -2.43. The van der Waals surface area contributed by atoms with Crippen molar-refractivity contribution in [1.82, 2.24) is 4.98 Å². The Morgan fingerprint density at radius 1 is 1.42 bits per heavy atom. The molecule has 5 heteroatoms. The molecule has 4 nitrogen and oxygen atoms in total. The predicted molar refractivity (Wildman–Crippen MR) is 67.0 cm³/mol. The molecule has 0 unspecified atom stereocenters. The highest BCUT2D eigenvalue weighted by Gasteiger charge is 2.09. The SMILES string of the molecule is CC(=O)C=C(O)c1coc(Cc2ccc(F)cc2)n1. The first-order valence-corrected chi connectivity index (χ1v) is 5.65. The van der Waals surface area contributed by atoms with Gasteiger partial charge in [0.25, 0.3) is 0 Å². The zero-order chi connectivity index (χ0) is 13.8. The number of carbonyl (C=O) groups is 1. The van der Waals surface area contributed by atoms with Gasteiger partial charge in [-0.05, 0) is 24.6 Å². The predicted octanol–water partition coefficient (Wildman–Crippen LogP) is 2.89. The Kier molecular flexibility index (Phi) is 3.75. The van der Waals surface area contributed by atoms with Crippen molar-refractivity contribution >= 4 is 11.5 Å². The molecule has 0 aliphatic rings. The standard InChI is InChI=1S/C14H12FNO3/c1-9(17)6-13(18)12-8-19-14(16-12)7-10-2-4-11(15)5-3-10/h2-6,8,18H,7H2,1H3. The van der Waals surface area contributed by atoms with E-state index in [4.69, 9.17) is 4.42 Å². The highest BCUT2D eigenvalue weighted by atomic mass is 19.1. The van der Waals surface area contributed by atoms with Crippen LogP contribution in [0.4, 0.5) is 4.39 Å². The van der Waals surface area contributed by atoms with Gasteiger partial charge in [-0.15, -0.1) is 0 Å². The quantitative estimate of drug-likeness (QED) is 0.679. The summed E-state index contributed by atoms with van der Waals surface area (Å²) in [6.45, 7) is 1.33. The summed E-state index contributed by atoms with van der Waals surface area (Å²) in [7, 11) is 0.